The maximum Gasteiger partial charge on any atom is 0.145 e. The fourth-order valence-corrected chi connectivity index (χ4v) is 1.23. The molecule has 4 heteroatoms. The molecule has 0 bridgehead atoms. The Morgan fingerprint density at radius 2 is 1.88 bits per heavy atom. The van der Waals surface area contributed by atoms with Gasteiger partial charge in [0.2, 0.25) is 0 Å². The number of hydrogen-bond acceptors (Lipinski definition) is 4. The van der Waals surface area contributed by atoms with Crippen molar-refractivity contribution in [2.75, 3.05) is 6.54 Å². The first kappa shape index (κ1) is 13.4. The van der Waals surface area contributed by atoms with E-state index in [2.05, 4.69) is 4.99 Å². The van der Waals surface area contributed by atoms with Crippen molar-refractivity contribution in [2.45, 2.75) is 32.8 Å². The molecule has 0 saturated heterocycles. The minimum atomic E-state index is -0.531. The van der Waals surface area contributed by atoms with Gasteiger partial charge in [-0.2, -0.15) is 0 Å². The van der Waals surface area contributed by atoms with E-state index in [1.807, 2.05) is 0 Å². The summed E-state index contributed by atoms with van der Waals surface area (Å²) < 4.78 is 5.05. The number of ether oxygens (including phenoxy) is 1. The number of phenolic OH excluding ortho intramolecular Hbond substituents is 1. The number of nitrogens with zero attached hydrogens (tertiary/aromatic N) is 1. The van der Waals surface area contributed by atoms with E-state index in [4.69, 9.17) is 9.84 Å². The van der Waals surface area contributed by atoms with Crippen LogP contribution < -0.4 is 5.11 Å². The lowest BCUT2D eigenvalue weighted by Crippen LogP contribution is -2.32. The summed E-state index contributed by atoms with van der Waals surface area (Å²) in [6.07, 6.45) is 0.121. The summed E-state index contributed by atoms with van der Waals surface area (Å²) in [7, 11) is 0. The van der Waals surface area contributed by atoms with Crippen molar-refractivity contribution < 1.29 is 14.9 Å². The highest BCUT2D eigenvalue weighted by Crippen LogP contribution is 2.10. The Labute approximate surface area is 102 Å². The first-order valence-corrected chi connectivity index (χ1v) is 5.55. The second kappa shape index (κ2) is 5.57. The van der Waals surface area contributed by atoms with Crippen LogP contribution in [-0.2, 0) is 11.2 Å². The van der Waals surface area contributed by atoms with E-state index in [9.17, 15) is 5.11 Å². The average molecular weight is 236 g/mol. The van der Waals surface area contributed by atoms with E-state index in [1.54, 1.807) is 45.0 Å². The van der Waals surface area contributed by atoms with Crippen LogP contribution in [0.2, 0.25) is 0 Å². The molecule has 1 aromatic rings. The summed E-state index contributed by atoms with van der Waals surface area (Å²) in [5, 5.41) is 20.4. The van der Waals surface area contributed by atoms with Gasteiger partial charge in [-0.3, -0.25) is 4.99 Å². The lowest BCUT2D eigenvalue weighted by Gasteiger charge is -2.29. The number of phenols is 1. The highest BCUT2D eigenvalue weighted by atomic mass is 16.6. The van der Waals surface area contributed by atoms with Crippen molar-refractivity contribution in [1.29, 1.82) is 0 Å². The number of rotatable bonds is 3. The van der Waals surface area contributed by atoms with Gasteiger partial charge < -0.3 is 14.9 Å². The molecule has 0 fully saturated rings. The Bertz CT molecular complexity index is 377. The van der Waals surface area contributed by atoms with Crippen molar-refractivity contribution in [3.8, 4) is 5.75 Å². The number of hydrogen-bond donors (Lipinski definition) is 1. The minimum Gasteiger partial charge on any atom is -0.595 e. The predicted octanol–water partition coefficient (Wildman–Crippen LogP) is 1.47. The summed E-state index contributed by atoms with van der Waals surface area (Å²) >= 11 is 0. The second-order valence-corrected chi connectivity index (χ2v) is 4.78. The molecular weight excluding hydrogens is 218 g/mol. The van der Waals surface area contributed by atoms with Gasteiger partial charge in [-0.25, -0.2) is 0 Å². The van der Waals surface area contributed by atoms with E-state index >= 15 is 0 Å². The molecule has 0 aromatic heterocycles. The number of benzene rings is 1. The van der Waals surface area contributed by atoms with Crippen LogP contribution in [0.25, 0.3) is 0 Å². The van der Waals surface area contributed by atoms with Gasteiger partial charge in [0.1, 0.15) is 11.8 Å². The normalized spacial score (nSPS) is 12.5. The Balaban J connectivity index is 2.41. The molecule has 0 heterocycles. The third-order valence-electron chi connectivity index (χ3n) is 1.97. The summed E-state index contributed by atoms with van der Waals surface area (Å²) in [4.78, 5) is 3.80. The molecule has 4 nitrogen and oxygen atoms in total. The SMILES string of the molecule is CC(C)(C)OC([O-])=NCCc1ccc(O)cc1. The molecule has 0 aliphatic heterocycles. The molecule has 0 amide bonds. The zero-order chi connectivity index (χ0) is 12.9. The van der Waals surface area contributed by atoms with Crippen molar-refractivity contribution in [2.24, 2.45) is 4.99 Å². The van der Waals surface area contributed by atoms with Crippen LogP contribution in [0.5, 0.6) is 5.75 Å². The summed E-state index contributed by atoms with van der Waals surface area (Å²) in [6.45, 7) is 5.81. The van der Waals surface area contributed by atoms with E-state index in [0.29, 0.717) is 13.0 Å². The van der Waals surface area contributed by atoms with Crippen molar-refractivity contribution >= 4 is 6.08 Å². The van der Waals surface area contributed by atoms with Crippen LogP contribution in [-0.4, -0.2) is 23.3 Å². The van der Waals surface area contributed by atoms with E-state index in [1.165, 1.54) is 0 Å². The van der Waals surface area contributed by atoms with Gasteiger partial charge in [0.15, 0.2) is 0 Å². The van der Waals surface area contributed by atoms with Gasteiger partial charge in [-0.05, 0) is 24.1 Å². The van der Waals surface area contributed by atoms with Crippen LogP contribution in [0.1, 0.15) is 26.3 Å². The summed E-state index contributed by atoms with van der Waals surface area (Å²) in [5.74, 6) is 0.234. The molecule has 0 radical (unpaired) electrons. The molecule has 1 aromatic carbocycles. The fourth-order valence-electron chi connectivity index (χ4n) is 1.23. The van der Waals surface area contributed by atoms with Gasteiger partial charge in [-0.1, -0.05) is 32.9 Å². The molecule has 0 atom stereocenters. The third kappa shape index (κ3) is 5.80. The molecule has 0 aliphatic rings. The zero-order valence-electron chi connectivity index (χ0n) is 10.4. The average Bonchev–Trinajstić information content (AvgIpc) is 2.18. The van der Waals surface area contributed by atoms with Crippen LogP contribution >= 0.6 is 0 Å². The van der Waals surface area contributed by atoms with Crippen LogP contribution in [0.4, 0.5) is 0 Å². The zero-order valence-corrected chi connectivity index (χ0v) is 10.4. The summed E-state index contributed by atoms with van der Waals surface area (Å²) in [6, 6.07) is 6.84. The van der Waals surface area contributed by atoms with Gasteiger partial charge in [0, 0.05) is 12.1 Å². The standard InChI is InChI=1S/C13H19NO3/c1-13(2,3)17-12(16)14-9-8-10-4-6-11(15)7-5-10/h4-7,15H,8-9H2,1-3H3,(H,14,16)/p-1. The monoisotopic (exact) mass is 236 g/mol. The molecular formula is C13H18NO3-. The third-order valence-corrected chi connectivity index (χ3v) is 1.97. The topological polar surface area (TPSA) is 64.9 Å². The van der Waals surface area contributed by atoms with E-state index in [0.717, 1.165) is 5.56 Å². The van der Waals surface area contributed by atoms with Gasteiger partial charge >= 0.3 is 0 Å². The Morgan fingerprint density at radius 1 is 1.29 bits per heavy atom. The minimum absolute atomic E-state index is 0.234. The predicted molar refractivity (Wildman–Crippen MR) is 65.0 cm³/mol. The molecule has 94 valence electrons. The lowest BCUT2D eigenvalue weighted by atomic mass is 10.1. The highest BCUT2D eigenvalue weighted by Gasteiger charge is 2.03. The molecule has 1 N–H and O–H groups in total. The molecule has 0 aliphatic carbocycles. The highest BCUT2D eigenvalue weighted by molar-refractivity contribution is 5.62. The Morgan fingerprint density at radius 3 is 2.41 bits per heavy atom. The van der Waals surface area contributed by atoms with Crippen LogP contribution in [0, 0.1) is 0 Å². The van der Waals surface area contributed by atoms with Crippen molar-refractivity contribution in [1.82, 2.24) is 0 Å². The van der Waals surface area contributed by atoms with Crippen LogP contribution in [0.3, 0.4) is 0 Å². The first-order valence-electron chi connectivity index (χ1n) is 5.55. The molecule has 1 rings (SSSR count). The maximum absolute atomic E-state index is 11.3. The van der Waals surface area contributed by atoms with E-state index < -0.39 is 11.7 Å². The van der Waals surface area contributed by atoms with Gasteiger partial charge in [0.25, 0.3) is 0 Å². The van der Waals surface area contributed by atoms with Gasteiger partial charge in [0.05, 0.1) is 0 Å². The molecule has 0 saturated carbocycles. The van der Waals surface area contributed by atoms with E-state index in [-0.39, 0.29) is 5.75 Å². The number of aromatic hydroxyl groups is 1. The largest absolute Gasteiger partial charge is 0.595 e. The van der Waals surface area contributed by atoms with Crippen molar-refractivity contribution in [3.05, 3.63) is 29.8 Å². The Kier molecular flexibility index (Phi) is 4.37. The maximum atomic E-state index is 11.3. The number of aliphatic imine (C=N–C) groups is 1. The smallest absolute Gasteiger partial charge is 0.145 e. The first-order chi connectivity index (χ1) is 7.87. The van der Waals surface area contributed by atoms with Gasteiger partial charge in [-0.15, -0.1) is 0 Å². The summed E-state index contributed by atoms with van der Waals surface area (Å²) in [5.41, 5.74) is 0.522. The lowest BCUT2D eigenvalue weighted by molar-refractivity contribution is -0.260. The second-order valence-electron chi connectivity index (χ2n) is 4.78. The molecule has 0 unspecified atom stereocenters. The van der Waals surface area contributed by atoms with Crippen LogP contribution in [0.15, 0.2) is 29.3 Å². The quantitative estimate of drug-likeness (QED) is 0.638. The molecule has 0 spiro atoms. The fraction of sp³-hybridized carbons (Fsp3) is 0.462. The Hall–Kier alpha value is -1.71. The van der Waals surface area contributed by atoms with Crippen molar-refractivity contribution in [3.63, 3.8) is 0 Å². The molecule has 17 heavy (non-hydrogen) atoms.